The number of nitrogens with one attached hydrogen (secondary N) is 1. The number of amides is 1. The van der Waals surface area contributed by atoms with Gasteiger partial charge in [-0.3, -0.25) is 4.79 Å². The number of pyridine rings is 1. The van der Waals surface area contributed by atoms with Crippen molar-refractivity contribution in [3.63, 3.8) is 0 Å². The maximum Gasteiger partial charge on any atom is 0.260 e. The average Bonchev–Trinajstić information content (AvgIpc) is 3.13. The second-order valence-corrected chi connectivity index (χ2v) is 6.28. The fourth-order valence-corrected chi connectivity index (χ4v) is 2.89. The molecule has 3 heterocycles. The Morgan fingerprint density at radius 2 is 2.11 bits per heavy atom. The monoisotopic (exact) mass is 361 g/mol. The van der Waals surface area contributed by atoms with Crippen LogP contribution in [0.5, 0.6) is 5.75 Å². The summed E-state index contributed by atoms with van der Waals surface area (Å²) < 4.78 is 7.74. The van der Waals surface area contributed by atoms with Gasteiger partial charge in [-0.1, -0.05) is 29.8 Å². The Morgan fingerprint density at radius 3 is 3.04 bits per heavy atom. The minimum Gasteiger partial charge on any atom is -0.492 e. The molecule has 0 unspecified atom stereocenters. The molecule has 0 saturated heterocycles. The van der Waals surface area contributed by atoms with Gasteiger partial charge in [-0.05, 0) is 37.6 Å². The predicted molar refractivity (Wildman–Crippen MR) is 102 cm³/mol. The number of allylic oxidation sites excluding steroid dienone is 1. The first kappa shape index (κ1) is 17.0. The van der Waals surface area contributed by atoms with E-state index in [4.69, 9.17) is 4.74 Å². The molecule has 27 heavy (non-hydrogen) atoms. The van der Waals surface area contributed by atoms with Gasteiger partial charge in [0.1, 0.15) is 23.6 Å². The molecule has 7 nitrogen and oxygen atoms in total. The van der Waals surface area contributed by atoms with Crippen molar-refractivity contribution < 1.29 is 9.53 Å². The second-order valence-electron chi connectivity index (χ2n) is 6.28. The topological polar surface area (TPSA) is 81.9 Å². The van der Waals surface area contributed by atoms with Crippen LogP contribution in [0.15, 0.2) is 54.9 Å². The first-order valence-electron chi connectivity index (χ1n) is 8.76. The highest BCUT2D eigenvalue weighted by molar-refractivity contribution is 6.06. The number of anilines is 1. The fourth-order valence-electron chi connectivity index (χ4n) is 2.89. The first-order valence-corrected chi connectivity index (χ1v) is 8.76. The van der Waals surface area contributed by atoms with E-state index in [1.165, 1.54) is 0 Å². The van der Waals surface area contributed by atoms with Gasteiger partial charge in [0.15, 0.2) is 5.82 Å². The number of aromatic nitrogens is 4. The zero-order chi connectivity index (χ0) is 18.6. The van der Waals surface area contributed by atoms with Gasteiger partial charge in [0.2, 0.25) is 0 Å². The summed E-state index contributed by atoms with van der Waals surface area (Å²) in [5.74, 6) is 1.41. The minimum absolute atomic E-state index is 0.259. The summed E-state index contributed by atoms with van der Waals surface area (Å²) in [7, 11) is 0. The van der Waals surface area contributed by atoms with E-state index in [2.05, 4.69) is 20.5 Å². The smallest absolute Gasteiger partial charge is 0.260 e. The molecule has 1 N–H and O–H groups in total. The molecule has 0 atom stereocenters. The molecule has 0 spiro atoms. The molecule has 2 aromatic heterocycles. The van der Waals surface area contributed by atoms with Crippen molar-refractivity contribution in [2.45, 2.75) is 19.9 Å². The van der Waals surface area contributed by atoms with Gasteiger partial charge >= 0.3 is 0 Å². The molecule has 1 aliphatic rings. The number of hydrogen-bond donors (Lipinski definition) is 1. The van der Waals surface area contributed by atoms with Crippen LogP contribution in [-0.4, -0.2) is 32.3 Å². The lowest BCUT2D eigenvalue weighted by Gasteiger charge is -2.12. The quantitative estimate of drug-likeness (QED) is 0.622. The van der Waals surface area contributed by atoms with Gasteiger partial charge in [0.25, 0.3) is 5.91 Å². The van der Waals surface area contributed by atoms with Crippen LogP contribution in [0.25, 0.3) is 11.5 Å². The number of fused-ring (bicyclic) bond motifs is 5. The van der Waals surface area contributed by atoms with E-state index >= 15 is 0 Å². The van der Waals surface area contributed by atoms with Gasteiger partial charge in [0, 0.05) is 6.54 Å². The SMILES string of the molecule is Cc1ccc2c(c1)C(=O)Nc1cccc(n1)-c1nncn1C/C=C/CCO2. The lowest BCUT2D eigenvalue weighted by Crippen LogP contribution is -2.15. The van der Waals surface area contributed by atoms with Crippen LogP contribution in [0.3, 0.4) is 0 Å². The van der Waals surface area contributed by atoms with Gasteiger partial charge < -0.3 is 14.6 Å². The third kappa shape index (κ3) is 3.72. The standard InChI is InChI=1S/C20H19N5O2/c1-14-8-9-17-15(12-14)20(26)23-18-7-5-6-16(22-18)19-24-21-13-25(19)10-3-2-4-11-27-17/h2-3,5-9,12-13H,4,10-11H2,1H3,(H,22,23,26)/b3-2+. The van der Waals surface area contributed by atoms with E-state index in [1.54, 1.807) is 12.4 Å². The van der Waals surface area contributed by atoms with E-state index in [-0.39, 0.29) is 5.91 Å². The predicted octanol–water partition coefficient (Wildman–Crippen LogP) is 3.24. The number of benzene rings is 1. The van der Waals surface area contributed by atoms with Crippen molar-refractivity contribution in [1.82, 2.24) is 19.7 Å². The second kappa shape index (κ2) is 7.41. The Hall–Kier alpha value is -3.48. The van der Waals surface area contributed by atoms with Crippen molar-refractivity contribution in [1.29, 1.82) is 0 Å². The van der Waals surface area contributed by atoms with Gasteiger partial charge in [0.05, 0.1) is 12.2 Å². The van der Waals surface area contributed by atoms with Crippen LogP contribution >= 0.6 is 0 Å². The molecule has 2 bridgehead atoms. The number of aryl methyl sites for hydroxylation is 1. The van der Waals surface area contributed by atoms with E-state index < -0.39 is 0 Å². The number of rotatable bonds is 0. The number of nitrogens with zero attached hydrogens (tertiary/aromatic N) is 4. The van der Waals surface area contributed by atoms with Crippen LogP contribution in [-0.2, 0) is 6.54 Å². The molecule has 0 aliphatic carbocycles. The zero-order valence-corrected chi connectivity index (χ0v) is 14.9. The summed E-state index contributed by atoms with van der Waals surface area (Å²) in [5.41, 5.74) is 2.12. The van der Waals surface area contributed by atoms with Crippen LogP contribution in [0.1, 0.15) is 22.3 Å². The summed E-state index contributed by atoms with van der Waals surface area (Å²) in [6.45, 7) is 3.06. The van der Waals surface area contributed by atoms with E-state index in [0.717, 1.165) is 12.0 Å². The Labute approximate surface area is 156 Å². The Bertz CT molecular complexity index is 1010. The summed E-state index contributed by atoms with van der Waals surface area (Å²) >= 11 is 0. The number of carbonyl (C=O) groups excluding carboxylic acids is 1. The van der Waals surface area contributed by atoms with Crippen LogP contribution in [0, 0.1) is 6.92 Å². The van der Waals surface area contributed by atoms with Gasteiger partial charge in [-0.25, -0.2) is 4.98 Å². The van der Waals surface area contributed by atoms with E-state index in [0.29, 0.717) is 41.8 Å². The lowest BCUT2D eigenvalue weighted by atomic mass is 10.1. The minimum atomic E-state index is -0.259. The highest BCUT2D eigenvalue weighted by Gasteiger charge is 2.15. The molecule has 0 saturated carbocycles. The van der Waals surface area contributed by atoms with Crippen molar-refractivity contribution in [2.24, 2.45) is 0 Å². The fraction of sp³-hybridized carbons (Fsp3) is 0.200. The van der Waals surface area contributed by atoms with Crippen molar-refractivity contribution in [3.05, 3.63) is 66.0 Å². The highest BCUT2D eigenvalue weighted by Crippen LogP contribution is 2.23. The van der Waals surface area contributed by atoms with Crippen LogP contribution < -0.4 is 10.1 Å². The molecular formula is C20H19N5O2. The zero-order valence-electron chi connectivity index (χ0n) is 14.9. The molecule has 0 radical (unpaired) electrons. The molecule has 1 amide bonds. The molecule has 0 fully saturated rings. The third-order valence-corrected chi connectivity index (χ3v) is 4.23. The maximum atomic E-state index is 12.8. The Balaban J connectivity index is 1.75. The molecular weight excluding hydrogens is 342 g/mol. The van der Waals surface area contributed by atoms with Crippen LogP contribution in [0.4, 0.5) is 5.82 Å². The molecule has 1 aliphatic heterocycles. The third-order valence-electron chi connectivity index (χ3n) is 4.23. The summed E-state index contributed by atoms with van der Waals surface area (Å²) in [4.78, 5) is 17.3. The lowest BCUT2D eigenvalue weighted by molar-refractivity contribution is 0.102. The summed E-state index contributed by atoms with van der Waals surface area (Å²) in [5, 5.41) is 11.0. The Morgan fingerprint density at radius 1 is 1.19 bits per heavy atom. The number of carbonyl (C=O) groups is 1. The van der Waals surface area contributed by atoms with Crippen molar-refractivity contribution >= 4 is 11.7 Å². The Kier molecular flexibility index (Phi) is 4.65. The molecule has 3 aromatic rings. The van der Waals surface area contributed by atoms with E-state index in [9.17, 15) is 4.79 Å². The molecule has 1 aromatic carbocycles. The first-order chi connectivity index (χ1) is 13.2. The number of ether oxygens (including phenoxy) is 1. The van der Waals surface area contributed by atoms with Gasteiger partial charge in [-0.2, -0.15) is 0 Å². The summed E-state index contributed by atoms with van der Waals surface area (Å²) in [6.07, 6.45) is 6.48. The molecule has 136 valence electrons. The molecule has 7 heteroatoms. The van der Waals surface area contributed by atoms with Crippen molar-refractivity contribution in [2.75, 3.05) is 11.9 Å². The summed E-state index contributed by atoms with van der Waals surface area (Å²) in [6, 6.07) is 11.0. The highest BCUT2D eigenvalue weighted by atomic mass is 16.5. The maximum absolute atomic E-state index is 12.8. The van der Waals surface area contributed by atoms with Crippen molar-refractivity contribution in [3.8, 4) is 17.3 Å². The number of hydrogen-bond acceptors (Lipinski definition) is 5. The average molecular weight is 361 g/mol. The van der Waals surface area contributed by atoms with E-state index in [1.807, 2.05) is 54.0 Å². The van der Waals surface area contributed by atoms with Crippen LogP contribution in [0.2, 0.25) is 0 Å². The molecule has 4 rings (SSSR count). The van der Waals surface area contributed by atoms with Gasteiger partial charge in [-0.15, -0.1) is 10.2 Å². The largest absolute Gasteiger partial charge is 0.492 e. The normalized spacial score (nSPS) is 15.4.